The molecule has 0 fully saturated rings. The molecule has 1 N–H and O–H groups in total. The van der Waals surface area contributed by atoms with Gasteiger partial charge in [0.05, 0.1) is 7.11 Å². The fraction of sp³-hybridized carbons (Fsp3) is 0.500. The number of rotatable bonds is 5. The van der Waals surface area contributed by atoms with Crippen molar-refractivity contribution in [2.24, 2.45) is 5.92 Å². The lowest BCUT2D eigenvalue weighted by Gasteiger charge is -2.18. The van der Waals surface area contributed by atoms with Gasteiger partial charge in [-0.1, -0.05) is 13.8 Å². The van der Waals surface area contributed by atoms with Crippen molar-refractivity contribution in [1.82, 2.24) is 10.3 Å². The number of ether oxygens (including phenoxy) is 1. The number of methoxy groups -OCH3 is 1. The van der Waals surface area contributed by atoms with Crippen molar-refractivity contribution in [3.05, 3.63) is 29.6 Å². The van der Waals surface area contributed by atoms with Crippen molar-refractivity contribution in [2.45, 2.75) is 33.2 Å². The van der Waals surface area contributed by atoms with E-state index in [9.17, 15) is 9.59 Å². The van der Waals surface area contributed by atoms with Gasteiger partial charge in [0.25, 0.3) is 5.91 Å². The fourth-order valence-corrected chi connectivity index (χ4v) is 1.76. The highest BCUT2D eigenvalue weighted by molar-refractivity contribution is 5.96. The lowest BCUT2D eigenvalue weighted by atomic mass is 10.0. The number of carbonyl (C=O) groups is 2. The van der Waals surface area contributed by atoms with Crippen LogP contribution in [0.1, 0.15) is 36.3 Å². The molecule has 0 aliphatic rings. The first-order valence-corrected chi connectivity index (χ1v) is 6.25. The van der Waals surface area contributed by atoms with Gasteiger partial charge in [-0.2, -0.15) is 0 Å². The molecule has 0 radical (unpaired) electrons. The molecule has 19 heavy (non-hydrogen) atoms. The fourth-order valence-electron chi connectivity index (χ4n) is 1.76. The van der Waals surface area contributed by atoms with Crippen LogP contribution in [0.5, 0.6) is 0 Å². The Labute approximate surface area is 113 Å². The summed E-state index contributed by atoms with van der Waals surface area (Å²) in [6.45, 7) is 5.78. The molecule has 1 aromatic rings. The second kappa shape index (κ2) is 6.87. The molecule has 1 rings (SSSR count). The minimum absolute atomic E-state index is 0.281. The number of nitrogens with one attached hydrogen (secondary N) is 1. The molecule has 5 heteroatoms. The molecule has 0 aromatic carbocycles. The van der Waals surface area contributed by atoms with Crippen molar-refractivity contribution < 1.29 is 14.3 Å². The Balaban J connectivity index is 2.78. The van der Waals surface area contributed by atoms with Crippen molar-refractivity contribution in [2.75, 3.05) is 7.11 Å². The molecular formula is C14H20N2O3. The molecule has 1 amide bonds. The van der Waals surface area contributed by atoms with E-state index in [-0.39, 0.29) is 11.8 Å². The second-order valence-electron chi connectivity index (χ2n) is 4.86. The SMILES string of the molecule is COC(=O)C(CC(C)C)NC(=O)c1ccnc(C)c1. The molecule has 0 spiro atoms. The van der Waals surface area contributed by atoms with Gasteiger partial charge >= 0.3 is 5.97 Å². The molecule has 1 atom stereocenters. The first-order chi connectivity index (χ1) is 8.93. The predicted octanol–water partition coefficient (Wildman–Crippen LogP) is 1.71. The summed E-state index contributed by atoms with van der Waals surface area (Å²) in [6, 6.07) is 2.68. The van der Waals surface area contributed by atoms with Gasteiger partial charge in [0.1, 0.15) is 6.04 Å². The van der Waals surface area contributed by atoms with Gasteiger partial charge in [0.15, 0.2) is 0 Å². The van der Waals surface area contributed by atoms with E-state index < -0.39 is 12.0 Å². The number of aryl methyl sites for hydroxylation is 1. The van der Waals surface area contributed by atoms with Gasteiger partial charge in [-0.05, 0) is 31.4 Å². The Bertz CT molecular complexity index is 458. The Morgan fingerprint density at radius 2 is 2.11 bits per heavy atom. The molecule has 0 aliphatic heterocycles. The molecule has 0 bridgehead atoms. The molecule has 0 saturated carbocycles. The van der Waals surface area contributed by atoms with E-state index in [1.807, 2.05) is 20.8 Å². The third-order valence-corrected chi connectivity index (χ3v) is 2.66. The maximum Gasteiger partial charge on any atom is 0.328 e. The van der Waals surface area contributed by atoms with E-state index in [4.69, 9.17) is 4.74 Å². The van der Waals surface area contributed by atoms with Gasteiger partial charge in [0, 0.05) is 17.5 Å². The van der Waals surface area contributed by atoms with Crippen LogP contribution in [0.2, 0.25) is 0 Å². The van der Waals surface area contributed by atoms with Crippen LogP contribution in [0.15, 0.2) is 18.3 Å². The summed E-state index contributed by atoms with van der Waals surface area (Å²) in [5.74, 6) is -0.432. The summed E-state index contributed by atoms with van der Waals surface area (Å²) < 4.78 is 4.71. The maximum absolute atomic E-state index is 12.1. The van der Waals surface area contributed by atoms with E-state index in [1.165, 1.54) is 7.11 Å². The molecular weight excluding hydrogens is 244 g/mol. The van der Waals surface area contributed by atoms with Crippen molar-refractivity contribution in [3.8, 4) is 0 Å². The van der Waals surface area contributed by atoms with E-state index in [0.29, 0.717) is 12.0 Å². The first kappa shape index (κ1) is 15.1. The number of hydrogen-bond donors (Lipinski definition) is 1. The zero-order valence-corrected chi connectivity index (χ0v) is 11.8. The Kier molecular flexibility index (Phi) is 5.48. The highest BCUT2D eigenvalue weighted by Gasteiger charge is 2.23. The molecule has 104 valence electrons. The molecule has 1 unspecified atom stereocenters. The van der Waals surface area contributed by atoms with E-state index in [2.05, 4.69) is 10.3 Å². The van der Waals surface area contributed by atoms with Crippen LogP contribution in [0, 0.1) is 12.8 Å². The lowest BCUT2D eigenvalue weighted by molar-refractivity contribution is -0.143. The highest BCUT2D eigenvalue weighted by Crippen LogP contribution is 2.08. The van der Waals surface area contributed by atoms with Crippen LogP contribution in [0.4, 0.5) is 0 Å². The summed E-state index contributed by atoms with van der Waals surface area (Å²) in [7, 11) is 1.32. The number of esters is 1. The monoisotopic (exact) mass is 264 g/mol. The van der Waals surface area contributed by atoms with E-state index >= 15 is 0 Å². The number of carbonyl (C=O) groups excluding carboxylic acids is 2. The quantitative estimate of drug-likeness (QED) is 0.822. The summed E-state index contributed by atoms with van der Waals surface area (Å²) in [5.41, 5.74) is 1.25. The normalized spacial score (nSPS) is 12.1. The van der Waals surface area contributed by atoms with Gasteiger partial charge in [0.2, 0.25) is 0 Å². The van der Waals surface area contributed by atoms with Gasteiger partial charge in [-0.25, -0.2) is 4.79 Å². The first-order valence-electron chi connectivity index (χ1n) is 6.25. The molecule has 0 aliphatic carbocycles. The largest absolute Gasteiger partial charge is 0.467 e. The summed E-state index contributed by atoms with van der Waals surface area (Å²) >= 11 is 0. The van der Waals surface area contributed by atoms with Crippen molar-refractivity contribution >= 4 is 11.9 Å². The Morgan fingerprint density at radius 1 is 1.42 bits per heavy atom. The van der Waals surface area contributed by atoms with Crippen LogP contribution in [0.3, 0.4) is 0 Å². The van der Waals surface area contributed by atoms with Gasteiger partial charge in [-0.3, -0.25) is 9.78 Å². The molecule has 1 heterocycles. The number of pyridine rings is 1. The third-order valence-electron chi connectivity index (χ3n) is 2.66. The predicted molar refractivity (Wildman–Crippen MR) is 71.7 cm³/mol. The highest BCUT2D eigenvalue weighted by atomic mass is 16.5. The minimum atomic E-state index is -0.619. The van der Waals surface area contributed by atoms with Gasteiger partial charge < -0.3 is 10.1 Å². The summed E-state index contributed by atoms with van der Waals surface area (Å²) in [6.07, 6.45) is 2.11. The van der Waals surface area contributed by atoms with Crippen LogP contribution < -0.4 is 5.32 Å². The van der Waals surface area contributed by atoms with Crippen LogP contribution in [-0.4, -0.2) is 30.0 Å². The summed E-state index contributed by atoms with van der Waals surface area (Å²) in [5, 5.41) is 2.70. The minimum Gasteiger partial charge on any atom is -0.467 e. The molecule has 1 aromatic heterocycles. The van der Waals surface area contributed by atoms with E-state index in [0.717, 1.165) is 5.69 Å². The number of hydrogen-bond acceptors (Lipinski definition) is 4. The smallest absolute Gasteiger partial charge is 0.328 e. The lowest BCUT2D eigenvalue weighted by Crippen LogP contribution is -2.42. The van der Waals surface area contributed by atoms with Gasteiger partial charge in [-0.15, -0.1) is 0 Å². The van der Waals surface area contributed by atoms with Crippen LogP contribution in [-0.2, 0) is 9.53 Å². The van der Waals surface area contributed by atoms with Crippen molar-refractivity contribution in [1.29, 1.82) is 0 Å². The average Bonchev–Trinajstić information content (AvgIpc) is 2.36. The Hall–Kier alpha value is -1.91. The van der Waals surface area contributed by atoms with E-state index in [1.54, 1.807) is 18.3 Å². The van der Waals surface area contributed by atoms with Crippen LogP contribution in [0.25, 0.3) is 0 Å². The number of nitrogens with zero attached hydrogens (tertiary/aromatic N) is 1. The maximum atomic E-state index is 12.1. The van der Waals surface area contributed by atoms with Crippen molar-refractivity contribution in [3.63, 3.8) is 0 Å². The molecule has 5 nitrogen and oxygen atoms in total. The second-order valence-corrected chi connectivity index (χ2v) is 4.86. The van der Waals surface area contributed by atoms with Crippen LogP contribution >= 0.6 is 0 Å². The number of aromatic nitrogens is 1. The standard InChI is InChI=1S/C14H20N2O3/c1-9(2)7-12(14(18)19-4)16-13(17)11-5-6-15-10(3)8-11/h5-6,8-9,12H,7H2,1-4H3,(H,16,17). The Morgan fingerprint density at radius 3 is 2.63 bits per heavy atom. The third kappa shape index (κ3) is 4.69. The average molecular weight is 264 g/mol. The zero-order valence-electron chi connectivity index (χ0n) is 11.8. The topological polar surface area (TPSA) is 68.3 Å². The number of amides is 1. The zero-order chi connectivity index (χ0) is 14.4. The molecule has 0 saturated heterocycles. The summed E-state index contributed by atoms with van der Waals surface area (Å²) in [4.78, 5) is 27.7.